The number of nitrogens with zero attached hydrogens (tertiary/aromatic N) is 1. The summed E-state index contributed by atoms with van der Waals surface area (Å²) >= 11 is 0. The minimum absolute atomic E-state index is 0.292. The monoisotopic (exact) mass is 219 g/mol. The molecule has 1 N–H and O–H groups in total. The number of rotatable bonds is 2. The Morgan fingerprint density at radius 3 is 2.81 bits per heavy atom. The lowest BCUT2D eigenvalue weighted by atomic mass is 9.92. The summed E-state index contributed by atoms with van der Waals surface area (Å²) in [6, 6.07) is 7.45. The maximum Gasteiger partial charge on any atom is 0.316 e. The predicted octanol–water partition coefficient (Wildman–Crippen LogP) is 1.30. The van der Waals surface area contributed by atoms with Gasteiger partial charge in [-0.15, -0.1) is 0 Å². The van der Waals surface area contributed by atoms with Crippen LogP contribution < -0.4 is 4.90 Å². The van der Waals surface area contributed by atoms with Crippen LogP contribution in [0.4, 0.5) is 5.69 Å². The van der Waals surface area contributed by atoms with Gasteiger partial charge < -0.3 is 10.0 Å². The predicted molar refractivity (Wildman–Crippen MR) is 59.3 cm³/mol. The molecule has 0 spiro atoms. The standard InChI is InChI=1S/C12H13NO3/c1-2-13-10-6-4-3-5-8(10)7-9(11(13)14)12(15)16/h3-6,9H,2,7H2,1H3,(H,15,16). The van der Waals surface area contributed by atoms with E-state index in [0.717, 1.165) is 11.3 Å². The third kappa shape index (κ3) is 1.56. The van der Waals surface area contributed by atoms with Crippen LogP contribution in [-0.2, 0) is 16.0 Å². The van der Waals surface area contributed by atoms with Crippen molar-refractivity contribution in [2.24, 2.45) is 5.92 Å². The Kier molecular flexibility index (Phi) is 2.64. The van der Waals surface area contributed by atoms with E-state index in [1.165, 1.54) is 4.90 Å². The highest BCUT2D eigenvalue weighted by Gasteiger charge is 2.36. The maximum atomic E-state index is 11.9. The quantitative estimate of drug-likeness (QED) is 0.763. The van der Waals surface area contributed by atoms with E-state index in [4.69, 9.17) is 5.11 Å². The molecule has 1 aromatic rings. The first-order chi connectivity index (χ1) is 7.65. The molecule has 2 rings (SSSR count). The van der Waals surface area contributed by atoms with Crippen molar-refractivity contribution in [3.8, 4) is 0 Å². The highest BCUT2D eigenvalue weighted by Crippen LogP contribution is 2.30. The van der Waals surface area contributed by atoms with Crippen LogP contribution in [0.15, 0.2) is 24.3 Å². The van der Waals surface area contributed by atoms with E-state index in [9.17, 15) is 9.59 Å². The number of carbonyl (C=O) groups is 2. The molecule has 1 aliphatic heterocycles. The number of para-hydroxylation sites is 1. The van der Waals surface area contributed by atoms with Gasteiger partial charge in [0.2, 0.25) is 5.91 Å². The summed E-state index contributed by atoms with van der Waals surface area (Å²) < 4.78 is 0. The number of hydrogen-bond donors (Lipinski definition) is 1. The zero-order valence-corrected chi connectivity index (χ0v) is 9.01. The third-order valence-electron chi connectivity index (χ3n) is 2.88. The first-order valence-electron chi connectivity index (χ1n) is 5.27. The first-order valence-corrected chi connectivity index (χ1v) is 5.27. The van der Waals surface area contributed by atoms with Crippen LogP contribution in [0.25, 0.3) is 0 Å². The van der Waals surface area contributed by atoms with Gasteiger partial charge in [-0.25, -0.2) is 0 Å². The van der Waals surface area contributed by atoms with Gasteiger partial charge in [-0.1, -0.05) is 18.2 Å². The van der Waals surface area contributed by atoms with Crippen molar-refractivity contribution >= 4 is 17.6 Å². The van der Waals surface area contributed by atoms with Crippen LogP contribution in [0.5, 0.6) is 0 Å². The molecule has 0 radical (unpaired) electrons. The van der Waals surface area contributed by atoms with E-state index < -0.39 is 11.9 Å². The fourth-order valence-electron chi connectivity index (χ4n) is 2.08. The van der Waals surface area contributed by atoms with Crippen LogP contribution >= 0.6 is 0 Å². The number of hydrogen-bond acceptors (Lipinski definition) is 2. The molecule has 1 heterocycles. The van der Waals surface area contributed by atoms with Gasteiger partial charge in [-0.2, -0.15) is 0 Å². The number of anilines is 1. The molecule has 1 amide bonds. The topological polar surface area (TPSA) is 57.6 Å². The van der Waals surface area contributed by atoms with Gasteiger partial charge in [0.15, 0.2) is 0 Å². The van der Waals surface area contributed by atoms with Gasteiger partial charge in [0, 0.05) is 12.2 Å². The Balaban J connectivity index is 2.47. The number of carboxylic acids is 1. The molecule has 0 aromatic heterocycles. The SMILES string of the molecule is CCN1C(=O)C(C(=O)O)Cc2ccccc21. The molecule has 1 aliphatic rings. The molecule has 1 unspecified atom stereocenters. The number of benzene rings is 1. The van der Waals surface area contributed by atoms with Crippen LogP contribution in [0.3, 0.4) is 0 Å². The van der Waals surface area contributed by atoms with Crippen molar-refractivity contribution < 1.29 is 14.7 Å². The highest BCUT2D eigenvalue weighted by molar-refractivity contribution is 6.08. The molecule has 16 heavy (non-hydrogen) atoms. The summed E-state index contributed by atoms with van der Waals surface area (Å²) in [5.74, 6) is -2.29. The average molecular weight is 219 g/mol. The van der Waals surface area contributed by atoms with Crippen LogP contribution in [0, 0.1) is 5.92 Å². The average Bonchev–Trinajstić information content (AvgIpc) is 2.28. The summed E-state index contributed by atoms with van der Waals surface area (Å²) in [4.78, 5) is 24.4. The number of aliphatic carboxylic acids is 1. The van der Waals surface area contributed by atoms with E-state index in [0.29, 0.717) is 13.0 Å². The van der Waals surface area contributed by atoms with Gasteiger partial charge in [0.1, 0.15) is 5.92 Å². The zero-order chi connectivity index (χ0) is 11.7. The first kappa shape index (κ1) is 10.7. The molecule has 1 aromatic carbocycles. The summed E-state index contributed by atoms with van der Waals surface area (Å²) in [5.41, 5.74) is 1.77. The lowest BCUT2D eigenvalue weighted by molar-refractivity contribution is -0.146. The van der Waals surface area contributed by atoms with Gasteiger partial charge in [-0.05, 0) is 25.0 Å². The van der Waals surface area contributed by atoms with E-state index in [1.807, 2.05) is 31.2 Å². The maximum absolute atomic E-state index is 11.9. The largest absolute Gasteiger partial charge is 0.481 e. The third-order valence-corrected chi connectivity index (χ3v) is 2.88. The number of carboxylic acid groups (broad SMARTS) is 1. The van der Waals surface area contributed by atoms with Crippen LogP contribution in [0.1, 0.15) is 12.5 Å². The Labute approximate surface area is 93.5 Å². The smallest absolute Gasteiger partial charge is 0.316 e. The van der Waals surface area contributed by atoms with Gasteiger partial charge in [0.25, 0.3) is 0 Å². The molecular formula is C12H13NO3. The molecule has 0 saturated carbocycles. The Morgan fingerprint density at radius 1 is 1.50 bits per heavy atom. The molecule has 0 aliphatic carbocycles. The second kappa shape index (κ2) is 3.96. The molecule has 0 bridgehead atoms. The molecule has 4 heteroatoms. The summed E-state index contributed by atoms with van der Waals surface area (Å²) in [6.07, 6.45) is 0.292. The minimum atomic E-state index is -1.04. The fraction of sp³-hybridized carbons (Fsp3) is 0.333. The normalized spacial score (nSPS) is 19.4. The van der Waals surface area contributed by atoms with Crippen molar-refractivity contribution in [3.05, 3.63) is 29.8 Å². The van der Waals surface area contributed by atoms with Crippen LogP contribution in [0.2, 0.25) is 0 Å². The molecular weight excluding hydrogens is 206 g/mol. The van der Waals surface area contributed by atoms with Crippen LogP contribution in [-0.4, -0.2) is 23.5 Å². The van der Waals surface area contributed by atoms with Crippen molar-refractivity contribution in [2.45, 2.75) is 13.3 Å². The second-order valence-electron chi connectivity index (χ2n) is 3.81. The molecule has 84 valence electrons. The lowest BCUT2D eigenvalue weighted by Crippen LogP contribution is -2.44. The molecule has 4 nitrogen and oxygen atoms in total. The highest BCUT2D eigenvalue weighted by atomic mass is 16.4. The number of carbonyl (C=O) groups excluding carboxylic acids is 1. The Hall–Kier alpha value is -1.84. The van der Waals surface area contributed by atoms with Crippen molar-refractivity contribution in [2.75, 3.05) is 11.4 Å². The van der Waals surface area contributed by atoms with Crippen molar-refractivity contribution in [1.82, 2.24) is 0 Å². The fourth-order valence-corrected chi connectivity index (χ4v) is 2.08. The Morgan fingerprint density at radius 2 is 2.19 bits per heavy atom. The van der Waals surface area contributed by atoms with Gasteiger partial charge in [0.05, 0.1) is 0 Å². The summed E-state index contributed by atoms with van der Waals surface area (Å²) in [7, 11) is 0. The molecule has 0 fully saturated rings. The van der Waals surface area contributed by atoms with E-state index in [2.05, 4.69) is 0 Å². The number of amides is 1. The van der Waals surface area contributed by atoms with Gasteiger partial charge >= 0.3 is 5.97 Å². The van der Waals surface area contributed by atoms with Crippen molar-refractivity contribution in [1.29, 1.82) is 0 Å². The van der Waals surface area contributed by atoms with Gasteiger partial charge in [-0.3, -0.25) is 9.59 Å². The van der Waals surface area contributed by atoms with Crippen molar-refractivity contribution in [3.63, 3.8) is 0 Å². The minimum Gasteiger partial charge on any atom is -0.481 e. The Bertz CT molecular complexity index is 442. The summed E-state index contributed by atoms with van der Waals surface area (Å²) in [6.45, 7) is 2.35. The zero-order valence-electron chi connectivity index (χ0n) is 9.01. The molecule has 1 atom stereocenters. The van der Waals surface area contributed by atoms with E-state index in [1.54, 1.807) is 0 Å². The lowest BCUT2D eigenvalue weighted by Gasteiger charge is -2.31. The number of fused-ring (bicyclic) bond motifs is 1. The second-order valence-corrected chi connectivity index (χ2v) is 3.81. The molecule has 0 saturated heterocycles. The summed E-state index contributed by atoms with van der Waals surface area (Å²) in [5, 5.41) is 9.00. The van der Waals surface area contributed by atoms with E-state index >= 15 is 0 Å². The van der Waals surface area contributed by atoms with E-state index in [-0.39, 0.29) is 5.91 Å².